The molecule has 78 valence electrons. The van der Waals surface area contributed by atoms with Gasteiger partial charge in [-0.15, -0.1) is 0 Å². The number of hydrogen-bond acceptors (Lipinski definition) is 2. The zero-order valence-electron chi connectivity index (χ0n) is 7.97. The Hall–Kier alpha value is -0.680. The highest BCUT2D eigenvalue weighted by Gasteiger charge is 2.05. The molecule has 1 aromatic heterocycles. The van der Waals surface area contributed by atoms with Gasteiger partial charge in [0.1, 0.15) is 11.2 Å². The lowest BCUT2D eigenvalue weighted by Gasteiger charge is -2.03. The number of benzene rings is 1. The number of rotatable bonds is 1. The summed E-state index contributed by atoms with van der Waals surface area (Å²) >= 11 is 6.82. The molecule has 0 saturated heterocycles. The van der Waals surface area contributed by atoms with Gasteiger partial charge in [-0.05, 0) is 40.5 Å². The van der Waals surface area contributed by atoms with Gasteiger partial charge in [-0.3, -0.25) is 4.79 Å². The number of nitrogens with one attached hydrogen (secondary N) is 1. The molecule has 0 aliphatic rings. The fraction of sp³-hybridized carbons (Fsp3) is 0.200. The third-order valence-corrected chi connectivity index (χ3v) is 3.39. The summed E-state index contributed by atoms with van der Waals surface area (Å²) in [6, 6.07) is 3.91. The number of fused-ring (bicyclic) bond motifs is 1. The van der Waals surface area contributed by atoms with Crippen LogP contribution in [0.2, 0.25) is 0 Å². The van der Waals surface area contributed by atoms with Crippen LogP contribution in [0.25, 0.3) is 11.0 Å². The summed E-state index contributed by atoms with van der Waals surface area (Å²) in [6.07, 6.45) is 0. The van der Waals surface area contributed by atoms with Crippen LogP contribution in [0, 0.1) is 6.92 Å². The summed E-state index contributed by atoms with van der Waals surface area (Å²) in [4.78, 5) is 18.4. The van der Waals surface area contributed by atoms with Gasteiger partial charge in [-0.2, -0.15) is 0 Å². The number of aromatic amines is 1. The fourth-order valence-electron chi connectivity index (χ4n) is 1.37. The van der Waals surface area contributed by atoms with Crippen molar-refractivity contribution in [2.75, 3.05) is 0 Å². The Morgan fingerprint density at radius 1 is 1.47 bits per heavy atom. The second-order valence-electron chi connectivity index (χ2n) is 3.26. The van der Waals surface area contributed by atoms with Crippen molar-refractivity contribution in [3.05, 3.63) is 38.2 Å². The topological polar surface area (TPSA) is 45.8 Å². The standard InChI is InChI=1S/C10H8Br2N2O/c1-5-10(15)14-8-3-6(4-11)2-7(12)9(8)13-5/h2-3H,4H2,1H3,(H,14,15). The van der Waals surface area contributed by atoms with E-state index in [0.717, 1.165) is 26.4 Å². The molecule has 15 heavy (non-hydrogen) atoms. The first-order valence-corrected chi connectivity index (χ1v) is 6.28. The smallest absolute Gasteiger partial charge is 0.269 e. The molecule has 2 aromatic rings. The van der Waals surface area contributed by atoms with Gasteiger partial charge in [0, 0.05) is 9.80 Å². The molecule has 0 radical (unpaired) electrons. The van der Waals surface area contributed by atoms with E-state index in [2.05, 4.69) is 41.8 Å². The second-order valence-corrected chi connectivity index (χ2v) is 4.67. The van der Waals surface area contributed by atoms with Crippen molar-refractivity contribution in [3.8, 4) is 0 Å². The van der Waals surface area contributed by atoms with Crippen LogP contribution >= 0.6 is 31.9 Å². The molecule has 0 atom stereocenters. The van der Waals surface area contributed by atoms with Gasteiger partial charge < -0.3 is 4.98 Å². The Morgan fingerprint density at radius 3 is 2.87 bits per heavy atom. The largest absolute Gasteiger partial charge is 0.319 e. The van der Waals surface area contributed by atoms with Crippen LogP contribution in [0.3, 0.4) is 0 Å². The molecule has 0 unspecified atom stereocenters. The van der Waals surface area contributed by atoms with E-state index in [-0.39, 0.29) is 5.56 Å². The zero-order valence-corrected chi connectivity index (χ0v) is 11.1. The third kappa shape index (κ3) is 1.99. The molecule has 0 aliphatic heterocycles. The van der Waals surface area contributed by atoms with Crippen molar-refractivity contribution in [3.63, 3.8) is 0 Å². The van der Waals surface area contributed by atoms with Crippen molar-refractivity contribution < 1.29 is 0 Å². The molecule has 1 N–H and O–H groups in total. The number of aryl methyl sites for hydroxylation is 1. The van der Waals surface area contributed by atoms with E-state index < -0.39 is 0 Å². The lowest BCUT2D eigenvalue weighted by molar-refractivity contribution is 1.12. The highest BCUT2D eigenvalue weighted by atomic mass is 79.9. The highest BCUT2D eigenvalue weighted by molar-refractivity contribution is 9.10. The van der Waals surface area contributed by atoms with Crippen LogP contribution in [-0.4, -0.2) is 9.97 Å². The molecule has 0 spiro atoms. The van der Waals surface area contributed by atoms with Crippen molar-refractivity contribution in [2.45, 2.75) is 12.3 Å². The van der Waals surface area contributed by atoms with Gasteiger partial charge in [0.15, 0.2) is 0 Å². The lowest BCUT2D eigenvalue weighted by atomic mass is 10.2. The summed E-state index contributed by atoms with van der Waals surface area (Å²) in [5, 5.41) is 0.747. The second kappa shape index (κ2) is 4.06. The number of alkyl halides is 1. The van der Waals surface area contributed by atoms with Crippen molar-refractivity contribution in [2.24, 2.45) is 0 Å². The first-order valence-electron chi connectivity index (χ1n) is 4.37. The average Bonchev–Trinajstić information content (AvgIpc) is 2.21. The van der Waals surface area contributed by atoms with Crippen LogP contribution in [0.1, 0.15) is 11.3 Å². The summed E-state index contributed by atoms with van der Waals surface area (Å²) < 4.78 is 0.897. The van der Waals surface area contributed by atoms with Crippen LogP contribution in [0.5, 0.6) is 0 Å². The van der Waals surface area contributed by atoms with E-state index >= 15 is 0 Å². The average molecular weight is 332 g/mol. The SMILES string of the molecule is Cc1nc2c(Br)cc(CBr)cc2[nH]c1=O. The molecular formula is C10H8Br2N2O. The molecular weight excluding hydrogens is 324 g/mol. The number of H-pyrrole nitrogens is 1. The number of aromatic nitrogens is 2. The molecule has 1 heterocycles. The van der Waals surface area contributed by atoms with Crippen LogP contribution < -0.4 is 5.56 Å². The third-order valence-electron chi connectivity index (χ3n) is 2.13. The van der Waals surface area contributed by atoms with E-state index in [9.17, 15) is 4.79 Å². The van der Waals surface area contributed by atoms with E-state index in [4.69, 9.17) is 0 Å². The molecule has 0 aliphatic carbocycles. The van der Waals surface area contributed by atoms with Crippen LogP contribution in [-0.2, 0) is 5.33 Å². The predicted octanol–water partition coefficient (Wildman–Crippen LogP) is 2.89. The predicted molar refractivity (Wildman–Crippen MR) is 67.4 cm³/mol. The summed E-state index contributed by atoms with van der Waals surface area (Å²) in [7, 11) is 0. The van der Waals surface area contributed by atoms with E-state index in [0.29, 0.717) is 5.69 Å². The molecule has 5 heteroatoms. The Labute approximate surface area is 103 Å². The maximum atomic E-state index is 11.4. The normalized spacial score (nSPS) is 10.9. The lowest BCUT2D eigenvalue weighted by Crippen LogP contribution is -2.11. The minimum Gasteiger partial charge on any atom is -0.319 e. The van der Waals surface area contributed by atoms with Crippen LogP contribution in [0.15, 0.2) is 21.4 Å². The summed E-state index contributed by atoms with van der Waals surface area (Å²) in [5.74, 6) is 0. The number of nitrogens with zero attached hydrogens (tertiary/aromatic N) is 1. The quantitative estimate of drug-likeness (QED) is 0.817. The van der Waals surface area contributed by atoms with Gasteiger partial charge >= 0.3 is 0 Å². The molecule has 3 nitrogen and oxygen atoms in total. The van der Waals surface area contributed by atoms with E-state index in [1.54, 1.807) is 6.92 Å². The maximum absolute atomic E-state index is 11.4. The van der Waals surface area contributed by atoms with Crippen LogP contribution in [0.4, 0.5) is 0 Å². The monoisotopic (exact) mass is 330 g/mol. The molecule has 0 saturated carbocycles. The number of halogens is 2. The van der Waals surface area contributed by atoms with E-state index in [1.807, 2.05) is 12.1 Å². The minimum absolute atomic E-state index is 0.138. The molecule has 0 amide bonds. The zero-order chi connectivity index (χ0) is 11.0. The van der Waals surface area contributed by atoms with Crippen molar-refractivity contribution >= 4 is 42.9 Å². The Kier molecular flexibility index (Phi) is 2.93. The van der Waals surface area contributed by atoms with Gasteiger partial charge in [0.2, 0.25) is 0 Å². The Balaban J connectivity index is 2.86. The summed E-state index contributed by atoms with van der Waals surface area (Å²) in [6.45, 7) is 1.70. The molecule has 1 aromatic carbocycles. The Bertz CT molecular complexity index is 577. The highest BCUT2D eigenvalue weighted by Crippen LogP contribution is 2.23. The Morgan fingerprint density at radius 2 is 2.20 bits per heavy atom. The number of hydrogen-bond donors (Lipinski definition) is 1. The van der Waals surface area contributed by atoms with Crippen molar-refractivity contribution in [1.82, 2.24) is 9.97 Å². The molecule has 0 bridgehead atoms. The molecule has 2 rings (SSSR count). The van der Waals surface area contributed by atoms with E-state index in [1.165, 1.54) is 0 Å². The maximum Gasteiger partial charge on any atom is 0.269 e. The minimum atomic E-state index is -0.138. The van der Waals surface area contributed by atoms with Gasteiger partial charge in [0.05, 0.1) is 5.52 Å². The fourth-order valence-corrected chi connectivity index (χ4v) is 2.29. The first-order chi connectivity index (χ1) is 7.11. The summed E-state index contributed by atoms with van der Waals surface area (Å²) in [5.41, 5.74) is 2.98. The first kappa shape index (κ1) is 10.8. The van der Waals surface area contributed by atoms with Gasteiger partial charge in [-0.1, -0.05) is 15.9 Å². The van der Waals surface area contributed by atoms with Gasteiger partial charge in [-0.25, -0.2) is 4.98 Å². The molecule has 0 fully saturated rings. The van der Waals surface area contributed by atoms with Gasteiger partial charge in [0.25, 0.3) is 5.56 Å². The van der Waals surface area contributed by atoms with Crippen molar-refractivity contribution in [1.29, 1.82) is 0 Å².